The summed E-state index contributed by atoms with van der Waals surface area (Å²) in [5, 5.41) is 3.11. The first kappa shape index (κ1) is 17.1. The molecule has 1 amide bonds. The Bertz CT molecular complexity index is 542. The fraction of sp³-hybridized carbons (Fsp3) is 0.562. The smallest absolute Gasteiger partial charge is 0.251 e. The molecule has 0 atom stereocenters. The van der Waals surface area contributed by atoms with Gasteiger partial charge in [-0.2, -0.15) is 0 Å². The molecule has 1 aromatic rings. The van der Waals surface area contributed by atoms with Crippen LogP contribution in [0.1, 0.15) is 43.0 Å². The van der Waals surface area contributed by atoms with Gasteiger partial charge in [-0.25, -0.2) is 0 Å². The van der Waals surface area contributed by atoms with E-state index in [0.717, 1.165) is 25.7 Å². The van der Waals surface area contributed by atoms with Crippen LogP contribution in [0.3, 0.4) is 0 Å². The van der Waals surface area contributed by atoms with Gasteiger partial charge in [0.2, 0.25) is 0 Å². The molecular weight excluding hydrogens is 348 g/mol. The zero-order valence-corrected chi connectivity index (χ0v) is 14.7. The number of halogens is 1. The van der Waals surface area contributed by atoms with E-state index in [0.29, 0.717) is 34.7 Å². The Hall–Kier alpha value is -1.27. The van der Waals surface area contributed by atoms with Gasteiger partial charge in [0.15, 0.2) is 11.5 Å². The third kappa shape index (κ3) is 3.55. The molecule has 0 bridgehead atoms. The number of carbonyl (C=O) groups is 1. The van der Waals surface area contributed by atoms with Crippen molar-refractivity contribution in [3.05, 3.63) is 22.2 Å². The summed E-state index contributed by atoms with van der Waals surface area (Å²) in [5.41, 5.74) is 6.14. The van der Waals surface area contributed by atoms with E-state index in [4.69, 9.17) is 15.2 Å². The van der Waals surface area contributed by atoms with Crippen molar-refractivity contribution in [1.82, 2.24) is 5.32 Å². The average molecular weight is 371 g/mol. The summed E-state index contributed by atoms with van der Waals surface area (Å²) in [7, 11) is 1.56. The predicted molar refractivity (Wildman–Crippen MR) is 89.6 cm³/mol. The number of hydrogen-bond donors (Lipinski definition) is 2. The van der Waals surface area contributed by atoms with Gasteiger partial charge >= 0.3 is 0 Å². The van der Waals surface area contributed by atoms with Crippen LogP contribution in [0.2, 0.25) is 0 Å². The molecule has 0 heterocycles. The molecule has 2 rings (SSSR count). The maximum Gasteiger partial charge on any atom is 0.251 e. The van der Waals surface area contributed by atoms with E-state index in [1.54, 1.807) is 19.2 Å². The van der Waals surface area contributed by atoms with E-state index < -0.39 is 0 Å². The topological polar surface area (TPSA) is 73.6 Å². The molecule has 5 nitrogen and oxygen atoms in total. The van der Waals surface area contributed by atoms with Gasteiger partial charge in [-0.3, -0.25) is 4.79 Å². The number of nitrogens with two attached hydrogens (primary N) is 1. The molecule has 0 saturated heterocycles. The lowest BCUT2D eigenvalue weighted by Crippen LogP contribution is -2.51. The van der Waals surface area contributed by atoms with Crippen molar-refractivity contribution in [2.75, 3.05) is 20.3 Å². The van der Waals surface area contributed by atoms with Gasteiger partial charge in [-0.15, -0.1) is 0 Å². The van der Waals surface area contributed by atoms with Crippen LogP contribution in [0, 0.1) is 0 Å². The molecule has 1 fully saturated rings. The van der Waals surface area contributed by atoms with Crippen LogP contribution in [-0.4, -0.2) is 31.7 Å². The predicted octanol–water partition coefficient (Wildman–Crippen LogP) is 2.86. The largest absolute Gasteiger partial charge is 0.493 e. The lowest BCUT2D eigenvalue weighted by molar-refractivity contribution is 0.0902. The van der Waals surface area contributed by atoms with Gasteiger partial charge in [0, 0.05) is 12.1 Å². The number of rotatable bonds is 6. The molecule has 3 N–H and O–H groups in total. The molecule has 1 aromatic carbocycles. The number of hydrogen-bond acceptors (Lipinski definition) is 4. The number of ether oxygens (including phenoxy) is 2. The highest BCUT2D eigenvalue weighted by Gasteiger charge is 2.34. The fourth-order valence-electron chi connectivity index (χ4n) is 2.88. The van der Waals surface area contributed by atoms with Crippen LogP contribution in [0.5, 0.6) is 11.5 Å². The van der Waals surface area contributed by atoms with Crippen LogP contribution < -0.4 is 20.5 Å². The highest BCUT2D eigenvalue weighted by atomic mass is 79.9. The molecule has 122 valence electrons. The summed E-state index contributed by atoms with van der Waals surface area (Å²) in [5.74, 6) is 1.01. The second-order valence-electron chi connectivity index (χ2n) is 5.57. The van der Waals surface area contributed by atoms with E-state index in [9.17, 15) is 4.79 Å². The summed E-state index contributed by atoms with van der Waals surface area (Å²) >= 11 is 3.44. The molecule has 6 heteroatoms. The summed E-state index contributed by atoms with van der Waals surface area (Å²) in [4.78, 5) is 12.6. The first-order valence-corrected chi connectivity index (χ1v) is 8.37. The molecule has 0 unspecified atom stereocenters. The Balaban J connectivity index is 2.24. The molecule has 1 aliphatic rings. The average Bonchev–Trinajstić information content (AvgIpc) is 2.98. The molecular formula is C16H23BrN2O3. The van der Waals surface area contributed by atoms with Crippen LogP contribution in [0.25, 0.3) is 0 Å². The van der Waals surface area contributed by atoms with Crippen molar-refractivity contribution in [2.45, 2.75) is 38.1 Å². The Labute approximate surface area is 139 Å². The Morgan fingerprint density at radius 3 is 2.64 bits per heavy atom. The van der Waals surface area contributed by atoms with Crippen molar-refractivity contribution in [2.24, 2.45) is 5.73 Å². The minimum absolute atomic E-state index is 0.130. The number of benzene rings is 1. The van der Waals surface area contributed by atoms with E-state index in [2.05, 4.69) is 21.2 Å². The molecule has 0 spiro atoms. The normalized spacial score (nSPS) is 16.4. The maximum absolute atomic E-state index is 12.6. The van der Waals surface area contributed by atoms with Gasteiger partial charge in [-0.1, -0.05) is 12.8 Å². The SMILES string of the molecule is CCOc1c(Br)cc(C(=O)NC2(CN)CCCC2)cc1OC. The first-order valence-electron chi connectivity index (χ1n) is 7.58. The minimum Gasteiger partial charge on any atom is -0.493 e. The highest BCUT2D eigenvalue weighted by molar-refractivity contribution is 9.10. The summed E-state index contributed by atoms with van der Waals surface area (Å²) in [6, 6.07) is 3.45. The number of carbonyl (C=O) groups excluding carboxylic acids is 1. The van der Waals surface area contributed by atoms with Gasteiger partial charge in [-0.05, 0) is 47.8 Å². The Morgan fingerprint density at radius 1 is 1.41 bits per heavy atom. The second kappa shape index (κ2) is 7.33. The van der Waals surface area contributed by atoms with Crippen LogP contribution in [0.15, 0.2) is 16.6 Å². The maximum atomic E-state index is 12.6. The van der Waals surface area contributed by atoms with Crippen molar-refractivity contribution in [3.63, 3.8) is 0 Å². The molecule has 0 aliphatic heterocycles. The zero-order chi connectivity index (χ0) is 16.2. The highest BCUT2D eigenvalue weighted by Crippen LogP contribution is 2.37. The van der Waals surface area contributed by atoms with Gasteiger partial charge in [0.1, 0.15) is 0 Å². The molecule has 0 radical (unpaired) electrons. The lowest BCUT2D eigenvalue weighted by Gasteiger charge is -2.29. The van der Waals surface area contributed by atoms with Crippen molar-refractivity contribution < 1.29 is 14.3 Å². The van der Waals surface area contributed by atoms with E-state index in [-0.39, 0.29) is 11.4 Å². The lowest BCUT2D eigenvalue weighted by atomic mass is 9.97. The van der Waals surface area contributed by atoms with Crippen molar-refractivity contribution >= 4 is 21.8 Å². The van der Waals surface area contributed by atoms with Gasteiger partial charge < -0.3 is 20.5 Å². The Morgan fingerprint density at radius 2 is 2.09 bits per heavy atom. The number of amides is 1. The van der Waals surface area contributed by atoms with E-state index in [1.165, 1.54) is 0 Å². The van der Waals surface area contributed by atoms with Crippen LogP contribution in [0.4, 0.5) is 0 Å². The van der Waals surface area contributed by atoms with Crippen molar-refractivity contribution in [3.8, 4) is 11.5 Å². The molecule has 1 aliphatic carbocycles. The zero-order valence-electron chi connectivity index (χ0n) is 13.1. The van der Waals surface area contributed by atoms with E-state index >= 15 is 0 Å². The molecule has 0 aromatic heterocycles. The van der Waals surface area contributed by atoms with Crippen LogP contribution in [-0.2, 0) is 0 Å². The number of nitrogens with one attached hydrogen (secondary N) is 1. The third-order valence-electron chi connectivity index (χ3n) is 4.11. The molecule has 1 saturated carbocycles. The summed E-state index contributed by atoms with van der Waals surface area (Å²) < 4.78 is 11.6. The van der Waals surface area contributed by atoms with Crippen LogP contribution >= 0.6 is 15.9 Å². The minimum atomic E-state index is -0.268. The summed E-state index contributed by atoms with van der Waals surface area (Å²) in [6.07, 6.45) is 4.08. The number of methoxy groups -OCH3 is 1. The van der Waals surface area contributed by atoms with Crippen molar-refractivity contribution in [1.29, 1.82) is 0 Å². The monoisotopic (exact) mass is 370 g/mol. The first-order chi connectivity index (χ1) is 10.5. The van der Waals surface area contributed by atoms with Gasteiger partial charge in [0.25, 0.3) is 5.91 Å². The Kier molecular flexibility index (Phi) is 5.69. The quantitative estimate of drug-likeness (QED) is 0.807. The standard InChI is InChI=1S/C16H23BrN2O3/c1-3-22-14-12(17)8-11(9-13(14)21-2)15(20)19-16(10-18)6-4-5-7-16/h8-9H,3-7,10,18H2,1-2H3,(H,19,20). The molecule has 22 heavy (non-hydrogen) atoms. The second-order valence-corrected chi connectivity index (χ2v) is 6.42. The summed E-state index contributed by atoms with van der Waals surface area (Å²) in [6.45, 7) is 2.89. The van der Waals surface area contributed by atoms with E-state index in [1.807, 2.05) is 6.92 Å². The van der Waals surface area contributed by atoms with Gasteiger partial charge in [0.05, 0.1) is 23.7 Å². The third-order valence-corrected chi connectivity index (χ3v) is 4.70. The fourth-order valence-corrected chi connectivity index (χ4v) is 3.44.